The van der Waals surface area contributed by atoms with Gasteiger partial charge >= 0.3 is 5.82 Å². The first-order valence-electron chi connectivity index (χ1n) is 8.09. The third-order valence-corrected chi connectivity index (χ3v) is 5.00. The topological polar surface area (TPSA) is 107 Å². The molecular formula is C16H19Cl2N4O4+. The van der Waals surface area contributed by atoms with Crippen LogP contribution in [0.5, 0.6) is 0 Å². The summed E-state index contributed by atoms with van der Waals surface area (Å²) in [6.07, 6.45) is -0.430. The number of hydrogen-bond donors (Lipinski definition) is 0. The smallest absolute Gasteiger partial charge is 0.297 e. The van der Waals surface area contributed by atoms with E-state index >= 15 is 0 Å². The van der Waals surface area contributed by atoms with Gasteiger partial charge in [-0.1, -0.05) is 30.3 Å². The van der Waals surface area contributed by atoms with Crippen LogP contribution in [0.3, 0.4) is 0 Å². The Morgan fingerprint density at radius 2 is 1.88 bits per heavy atom. The number of quaternary nitrogens is 1. The highest BCUT2D eigenvalue weighted by atomic mass is 35.7. The molecule has 1 aliphatic heterocycles. The summed E-state index contributed by atoms with van der Waals surface area (Å²) in [5.74, 6) is 0.734. The zero-order valence-electron chi connectivity index (χ0n) is 14.4. The van der Waals surface area contributed by atoms with Gasteiger partial charge in [0.05, 0.1) is 17.5 Å². The molecule has 140 valence electrons. The van der Waals surface area contributed by atoms with Gasteiger partial charge in [-0.3, -0.25) is 4.90 Å². The number of nitrogens with zero attached hydrogens (tertiary/aromatic N) is 4. The van der Waals surface area contributed by atoms with Crippen LogP contribution in [-0.2, 0) is 4.39 Å². The van der Waals surface area contributed by atoms with Crippen molar-refractivity contribution in [1.29, 1.82) is 0 Å². The van der Waals surface area contributed by atoms with Gasteiger partial charge in [0.2, 0.25) is 12.0 Å². The average molecular weight is 402 g/mol. The van der Waals surface area contributed by atoms with E-state index < -0.39 is 21.1 Å². The van der Waals surface area contributed by atoms with Gasteiger partial charge in [0.25, 0.3) is 4.39 Å². The van der Waals surface area contributed by atoms with Gasteiger partial charge in [0.15, 0.2) is 0 Å². The Morgan fingerprint density at radius 3 is 2.38 bits per heavy atom. The number of anilines is 1. The number of hydroxylamine groups is 2. The van der Waals surface area contributed by atoms with Crippen LogP contribution >= 0.6 is 11.6 Å². The maximum absolute atomic E-state index is 11.5. The minimum Gasteiger partial charge on any atom is -0.297 e. The molecule has 2 aromatic rings. The molecule has 1 aromatic heterocycles. The number of hydrogen-bond acceptors (Lipinski definition) is 7. The quantitative estimate of drug-likeness (QED) is 0.631. The molecule has 1 aromatic carbocycles. The normalized spacial score (nSPS) is 22.7. The van der Waals surface area contributed by atoms with Crippen LogP contribution in [0.1, 0.15) is 20.3 Å². The lowest BCUT2D eigenvalue weighted by Crippen LogP contribution is -2.71. The monoisotopic (exact) mass is 401 g/mol. The van der Waals surface area contributed by atoms with Crippen LogP contribution < -0.4 is 23.5 Å². The Kier molecular flexibility index (Phi) is 5.11. The van der Waals surface area contributed by atoms with Crippen molar-refractivity contribution in [3.05, 3.63) is 35.9 Å². The van der Waals surface area contributed by atoms with E-state index in [2.05, 4.69) is 16.5 Å². The molecule has 2 atom stereocenters. The minimum atomic E-state index is -4.71. The third-order valence-electron chi connectivity index (χ3n) is 4.43. The van der Waals surface area contributed by atoms with Crippen LogP contribution in [0.25, 0.3) is 11.0 Å². The van der Waals surface area contributed by atoms with E-state index in [1.807, 2.05) is 24.0 Å². The van der Waals surface area contributed by atoms with E-state index in [-0.39, 0.29) is 18.8 Å². The average Bonchev–Trinajstić information content (AvgIpc) is 2.80. The highest BCUT2D eigenvalue weighted by molar-refractivity contribution is 6.29. The molecule has 0 fully saturated rings. The van der Waals surface area contributed by atoms with Crippen LogP contribution in [0, 0.1) is 10.2 Å². The van der Waals surface area contributed by atoms with Crippen LogP contribution in [-0.4, -0.2) is 29.2 Å². The van der Waals surface area contributed by atoms with Crippen molar-refractivity contribution in [3.8, 4) is 0 Å². The second-order valence-electron chi connectivity index (χ2n) is 5.91. The molecule has 0 saturated heterocycles. The fourth-order valence-electron chi connectivity index (χ4n) is 3.39. The highest BCUT2D eigenvalue weighted by Gasteiger charge is 2.63. The van der Waals surface area contributed by atoms with E-state index in [1.54, 1.807) is 19.1 Å². The molecule has 0 amide bonds. The van der Waals surface area contributed by atoms with Gasteiger partial charge in [-0.25, -0.2) is 4.98 Å². The second kappa shape index (κ2) is 6.90. The zero-order chi connectivity index (χ0) is 19.1. The van der Waals surface area contributed by atoms with Crippen molar-refractivity contribution >= 4 is 34.3 Å². The Labute approximate surface area is 158 Å². The van der Waals surface area contributed by atoms with Gasteiger partial charge in [-0.2, -0.15) is 19.0 Å². The molecular weight excluding hydrogens is 383 g/mol. The molecule has 8 nitrogen and oxygen atoms in total. The molecule has 0 aliphatic carbocycles. The number of aromatic nitrogens is 2. The number of halogens is 2. The van der Waals surface area contributed by atoms with E-state index in [4.69, 9.17) is 16.0 Å². The van der Waals surface area contributed by atoms with E-state index in [1.165, 1.54) is 0 Å². The summed E-state index contributed by atoms with van der Waals surface area (Å²) in [7, 11) is -4.71. The Morgan fingerprint density at radius 1 is 1.27 bits per heavy atom. The van der Waals surface area contributed by atoms with Crippen molar-refractivity contribution in [2.75, 3.05) is 18.0 Å². The lowest BCUT2D eigenvalue weighted by molar-refractivity contribution is -1.92. The molecule has 0 N–H and O–H groups in total. The second-order valence-corrected chi connectivity index (χ2v) is 7.33. The summed E-state index contributed by atoms with van der Waals surface area (Å²) < 4.78 is 38.9. The maximum atomic E-state index is 11.5. The number of fused-ring (bicyclic) bond motifs is 2. The Hall–Kier alpha value is -1.52. The molecule has 2 heterocycles. The van der Waals surface area contributed by atoms with Crippen LogP contribution in [0.2, 0.25) is 0 Å². The van der Waals surface area contributed by atoms with Crippen molar-refractivity contribution < 1.29 is 28.6 Å². The predicted molar refractivity (Wildman–Crippen MR) is 89.4 cm³/mol. The number of rotatable bonds is 6. The fraction of sp³-hybridized carbons (Fsp3) is 0.375. The minimum absolute atomic E-state index is 0.139. The van der Waals surface area contributed by atoms with E-state index in [9.17, 15) is 14.0 Å². The van der Waals surface area contributed by atoms with E-state index in [0.29, 0.717) is 28.4 Å². The zero-order valence-corrected chi connectivity index (χ0v) is 15.9. The number of benzene rings is 1. The Balaban J connectivity index is 2.28. The highest BCUT2D eigenvalue weighted by Crippen LogP contribution is 2.46. The summed E-state index contributed by atoms with van der Waals surface area (Å²) in [5.41, 5.74) is 1.24. The largest absolute Gasteiger partial charge is 0.319 e. The van der Waals surface area contributed by atoms with Crippen molar-refractivity contribution in [2.24, 2.45) is 0 Å². The molecule has 0 radical (unpaired) electrons. The molecule has 0 bridgehead atoms. The van der Waals surface area contributed by atoms with E-state index in [0.717, 1.165) is 0 Å². The fourth-order valence-corrected chi connectivity index (χ4v) is 4.09. The maximum Gasteiger partial charge on any atom is 0.319 e. The molecule has 1 aliphatic rings. The summed E-state index contributed by atoms with van der Waals surface area (Å²) in [5, 5.41) is 0.310. The van der Waals surface area contributed by atoms with Gasteiger partial charge < -0.3 is 0 Å². The summed E-state index contributed by atoms with van der Waals surface area (Å²) in [6, 6.07) is 7.22. The molecule has 26 heavy (non-hydrogen) atoms. The lowest BCUT2D eigenvalue weighted by atomic mass is 10.2. The Bertz CT molecular complexity index is 845. The van der Waals surface area contributed by atoms with Gasteiger partial charge in [0.1, 0.15) is 16.8 Å². The third kappa shape index (κ3) is 3.25. The van der Waals surface area contributed by atoms with Crippen molar-refractivity contribution in [3.63, 3.8) is 0 Å². The lowest BCUT2D eigenvalue weighted by Gasteiger charge is -2.31. The summed E-state index contributed by atoms with van der Waals surface area (Å²) in [6.45, 7) is 7.94. The first kappa shape index (κ1) is 19.2. The first-order chi connectivity index (χ1) is 12.2. The first-order valence-corrected chi connectivity index (χ1v) is 9.70. The molecule has 0 saturated carbocycles. The molecule has 2 unspecified atom stereocenters. The standard InChI is InChI=1S/C16H19Cl2N4O4/c1-4-21-14(10-11(3)17)22(5-2,26-18(23,24)25)16-15(21)19-12-8-6-7-9-13(12)20-16/h6-9,14H,3-5,10H2,1-2H3/q+1. The SMILES string of the molecule is C=C(Cl)CC1N(CC)c2nc3ccccc3nc2[N+]1(CC)O[Cl+3]([O-])([O-])[O-]. The molecule has 3 rings (SSSR count). The summed E-state index contributed by atoms with van der Waals surface area (Å²) >= 11 is 6.03. The predicted octanol–water partition coefficient (Wildman–Crippen LogP) is 0.0945. The van der Waals surface area contributed by atoms with Gasteiger partial charge in [-0.15, -0.1) is 0 Å². The molecule has 10 heteroatoms. The number of para-hydroxylation sites is 2. The van der Waals surface area contributed by atoms with Gasteiger partial charge in [0, 0.05) is 16.2 Å². The summed E-state index contributed by atoms with van der Waals surface area (Å²) in [4.78, 5) is 11.1. The van der Waals surface area contributed by atoms with Crippen LogP contribution in [0.4, 0.5) is 11.6 Å². The molecule has 0 spiro atoms. The van der Waals surface area contributed by atoms with Crippen molar-refractivity contribution in [2.45, 2.75) is 26.4 Å². The van der Waals surface area contributed by atoms with Crippen molar-refractivity contribution in [1.82, 2.24) is 14.6 Å². The van der Waals surface area contributed by atoms with Gasteiger partial charge in [-0.05, 0) is 26.0 Å². The van der Waals surface area contributed by atoms with Crippen LogP contribution in [0.15, 0.2) is 35.9 Å².